The van der Waals surface area contributed by atoms with Gasteiger partial charge >= 0.3 is 5.97 Å². The summed E-state index contributed by atoms with van der Waals surface area (Å²) in [5.41, 5.74) is 0.624. The molecule has 0 radical (unpaired) electrons. The van der Waals surface area contributed by atoms with Gasteiger partial charge in [0, 0.05) is 31.3 Å². The van der Waals surface area contributed by atoms with E-state index in [0.717, 1.165) is 0 Å². The first-order valence-electron chi connectivity index (χ1n) is 7.81. The number of methoxy groups -OCH3 is 1. The summed E-state index contributed by atoms with van der Waals surface area (Å²) in [5.74, 6) is -2.30. The largest absolute Gasteiger partial charge is 0.481 e. The predicted octanol–water partition coefficient (Wildman–Crippen LogP) is 1.78. The SMILES string of the molecule is COCCOCc1cc(C(=O)N2C[C@@H](C)[C@H](C(=O)O)C2)ccc1F. The third-order valence-electron chi connectivity index (χ3n) is 4.20. The number of ether oxygens (including phenoxy) is 2. The third-order valence-corrected chi connectivity index (χ3v) is 4.20. The van der Waals surface area contributed by atoms with E-state index < -0.39 is 17.7 Å². The molecule has 0 bridgehead atoms. The Kier molecular flexibility index (Phi) is 6.28. The molecule has 1 aliphatic heterocycles. The molecule has 1 fully saturated rings. The molecule has 0 saturated carbocycles. The second kappa shape index (κ2) is 8.21. The zero-order chi connectivity index (χ0) is 17.7. The molecule has 0 spiro atoms. The van der Waals surface area contributed by atoms with Gasteiger partial charge in [0.1, 0.15) is 5.82 Å². The zero-order valence-corrected chi connectivity index (χ0v) is 13.8. The van der Waals surface area contributed by atoms with Gasteiger partial charge in [-0.25, -0.2) is 4.39 Å². The van der Waals surface area contributed by atoms with Crippen molar-refractivity contribution in [1.82, 2.24) is 4.90 Å². The van der Waals surface area contributed by atoms with Crippen LogP contribution in [0.25, 0.3) is 0 Å². The lowest BCUT2D eigenvalue weighted by Gasteiger charge is -2.16. The summed E-state index contributed by atoms with van der Waals surface area (Å²) >= 11 is 0. The molecule has 1 heterocycles. The second-order valence-electron chi connectivity index (χ2n) is 5.98. The monoisotopic (exact) mass is 339 g/mol. The number of rotatable bonds is 7. The molecule has 1 aromatic carbocycles. The lowest BCUT2D eigenvalue weighted by atomic mass is 9.99. The van der Waals surface area contributed by atoms with Crippen molar-refractivity contribution in [2.24, 2.45) is 11.8 Å². The van der Waals surface area contributed by atoms with Crippen LogP contribution in [0.5, 0.6) is 0 Å². The molecule has 1 aliphatic rings. The van der Waals surface area contributed by atoms with E-state index in [1.165, 1.54) is 23.1 Å². The first-order chi connectivity index (χ1) is 11.4. The summed E-state index contributed by atoms with van der Waals surface area (Å²) in [4.78, 5) is 25.2. The van der Waals surface area contributed by atoms with Crippen LogP contribution in [0.15, 0.2) is 18.2 Å². The van der Waals surface area contributed by atoms with Crippen LogP contribution in [0, 0.1) is 17.7 Å². The Morgan fingerprint density at radius 1 is 1.33 bits per heavy atom. The van der Waals surface area contributed by atoms with Gasteiger partial charge in [0.15, 0.2) is 0 Å². The maximum atomic E-state index is 13.8. The van der Waals surface area contributed by atoms with Crippen molar-refractivity contribution in [3.63, 3.8) is 0 Å². The van der Waals surface area contributed by atoms with Gasteiger partial charge in [-0.15, -0.1) is 0 Å². The number of nitrogens with zero attached hydrogens (tertiary/aromatic N) is 1. The standard InChI is InChI=1S/C17H22FNO5/c1-11-8-19(9-14(11)17(21)22)16(20)12-3-4-15(18)13(7-12)10-24-6-5-23-2/h3-4,7,11,14H,5-6,8-10H2,1-2H3,(H,21,22)/t11-,14-/m1/s1. The van der Waals surface area contributed by atoms with Crippen LogP contribution in [0.3, 0.4) is 0 Å². The highest BCUT2D eigenvalue weighted by Crippen LogP contribution is 2.25. The number of hydrogen-bond donors (Lipinski definition) is 1. The number of carbonyl (C=O) groups is 2. The van der Waals surface area contributed by atoms with Crippen molar-refractivity contribution < 1.29 is 28.6 Å². The molecular weight excluding hydrogens is 317 g/mol. The molecule has 1 saturated heterocycles. The summed E-state index contributed by atoms with van der Waals surface area (Å²) in [5, 5.41) is 9.16. The molecular formula is C17H22FNO5. The highest BCUT2D eigenvalue weighted by molar-refractivity contribution is 5.95. The third kappa shape index (κ3) is 4.30. The molecule has 1 N–H and O–H groups in total. The van der Waals surface area contributed by atoms with E-state index in [1.807, 2.05) is 6.92 Å². The lowest BCUT2D eigenvalue weighted by Crippen LogP contribution is -2.30. The normalized spacial score (nSPS) is 20.4. The fourth-order valence-corrected chi connectivity index (χ4v) is 2.78. The molecule has 2 atom stereocenters. The topological polar surface area (TPSA) is 76.1 Å². The van der Waals surface area contributed by atoms with Crippen LogP contribution in [0.1, 0.15) is 22.8 Å². The highest BCUT2D eigenvalue weighted by atomic mass is 19.1. The van der Waals surface area contributed by atoms with Gasteiger partial charge < -0.3 is 19.5 Å². The van der Waals surface area contributed by atoms with Gasteiger partial charge in [-0.3, -0.25) is 9.59 Å². The quantitative estimate of drug-likeness (QED) is 0.767. The van der Waals surface area contributed by atoms with Gasteiger partial charge in [0.05, 0.1) is 25.7 Å². The smallest absolute Gasteiger partial charge is 0.308 e. The molecule has 6 nitrogen and oxygen atoms in total. The molecule has 0 unspecified atom stereocenters. The van der Waals surface area contributed by atoms with Gasteiger partial charge in [0.2, 0.25) is 0 Å². The Morgan fingerprint density at radius 3 is 2.71 bits per heavy atom. The summed E-state index contributed by atoms with van der Waals surface area (Å²) in [6, 6.07) is 4.11. The highest BCUT2D eigenvalue weighted by Gasteiger charge is 2.37. The van der Waals surface area contributed by atoms with Crippen LogP contribution in [-0.4, -0.2) is 55.3 Å². The van der Waals surface area contributed by atoms with Gasteiger partial charge in [0.25, 0.3) is 5.91 Å². The van der Waals surface area contributed by atoms with Crippen molar-refractivity contribution in [1.29, 1.82) is 0 Å². The van der Waals surface area contributed by atoms with Crippen molar-refractivity contribution in [2.45, 2.75) is 13.5 Å². The van der Waals surface area contributed by atoms with Crippen LogP contribution < -0.4 is 0 Å². The summed E-state index contributed by atoms with van der Waals surface area (Å²) in [7, 11) is 1.55. The average Bonchev–Trinajstić information content (AvgIpc) is 2.94. The summed E-state index contributed by atoms with van der Waals surface area (Å²) in [6.07, 6.45) is 0. The van der Waals surface area contributed by atoms with Gasteiger partial charge in [-0.05, 0) is 24.1 Å². The molecule has 2 rings (SSSR count). The fraction of sp³-hybridized carbons (Fsp3) is 0.529. The van der Waals surface area contributed by atoms with E-state index in [2.05, 4.69) is 0 Å². The van der Waals surface area contributed by atoms with E-state index in [9.17, 15) is 14.0 Å². The van der Waals surface area contributed by atoms with Crippen molar-refractivity contribution >= 4 is 11.9 Å². The number of likely N-dealkylation sites (tertiary alicyclic amines) is 1. The Labute approximate surface area is 140 Å². The second-order valence-corrected chi connectivity index (χ2v) is 5.98. The molecule has 1 aromatic rings. The molecule has 0 aromatic heterocycles. The minimum atomic E-state index is -0.899. The number of aliphatic carboxylic acids is 1. The van der Waals surface area contributed by atoms with Crippen LogP contribution in [0.2, 0.25) is 0 Å². The van der Waals surface area contributed by atoms with Gasteiger partial charge in [-0.1, -0.05) is 6.92 Å². The minimum absolute atomic E-state index is 0.0461. The van der Waals surface area contributed by atoms with Crippen LogP contribution in [-0.2, 0) is 20.9 Å². The van der Waals surface area contributed by atoms with E-state index in [1.54, 1.807) is 7.11 Å². The van der Waals surface area contributed by atoms with Crippen molar-refractivity contribution in [3.05, 3.63) is 35.1 Å². The summed E-state index contributed by atoms with van der Waals surface area (Å²) in [6.45, 7) is 3.15. The molecule has 0 aliphatic carbocycles. The van der Waals surface area contributed by atoms with Crippen LogP contribution in [0.4, 0.5) is 4.39 Å². The minimum Gasteiger partial charge on any atom is -0.481 e. The number of benzene rings is 1. The number of amides is 1. The fourth-order valence-electron chi connectivity index (χ4n) is 2.78. The number of carbonyl (C=O) groups excluding carboxylic acids is 1. The van der Waals surface area contributed by atoms with E-state index >= 15 is 0 Å². The van der Waals surface area contributed by atoms with Gasteiger partial charge in [-0.2, -0.15) is 0 Å². The average molecular weight is 339 g/mol. The first-order valence-corrected chi connectivity index (χ1v) is 7.81. The molecule has 7 heteroatoms. The Bertz CT molecular complexity index is 607. The van der Waals surface area contributed by atoms with Crippen LogP contribution >= 0.6 is 0 Å². The lowest BCUT2D eigenvalue weighted by molar-refractivity contribution is -0.142. The van der Waals surface area contributed by atoms with Crippen molar-refractivity contribution in [3.8, 4) is 0 Å². The maximum Gasteiger partial charge on any atom is 0.308 e. The summed E-state index contributed by atoms with van der Waals surface area (Å²) < 4.78 is 24.0. The van der Waals surface area contributed by atoms with E-state index in [4.69, 9.17) is 14.6 Å². The Morgan fingerprint density at radius 2 is 2.08 bits per heavy atom. The number of hydrogen-bond acceptors (Lipinski definition) is 4. The van der Waals surface area contributed by atoms with Crippen molar-refractivity contribution in [2.75, 3.05) is 33.4 Å². The number of halogens is 1. The first kappa shape index (κ1) is 18.4. The maximum absolute atomic E-state index is 13.8. The van der Waals surface area contributed by atoms with E-state index in [0.29, 0.717) is 30.9 Å². The zero-order valence-electron chi connectivity index (χ0n) is 13.8. The number of carboxylic acids is 1. The predicted molar refractivity (Wildman–Crippen MR) is 84.1 cm³/mol. The molecule has 24 heavy (non-hydrogen) atoms. The van der Waals surface area contributed by atoms with E-state index in [-0.39, 0.29) is 25.0 Å². The Hall–Kier alpha value is -1.99. The molecule has 132 valence electrons. The molecule has 1 amide bonds. The number of carboxylic acid groups (broad SMARTS) is 1. The Balaban J connectivity index is 2.06.